The molecule has 0 heterocycles. The van der Waals surface area contributed by atoms with Gasteiger partial charge in [0.25, 0.3) is 5.69 Å². The Morgan fingerprint density at radius 2 is 2.00 bits per heavy atom. The summed E-state index contributed by atoms with van der Waals surface area (Å²) in [6.07, 6.45) is 0.710. The monoisotopic (exact) mass is 271 g/mol. The van der Waals surface area contributed by atoms with E-state index in [0.29, 0.717) is 23.2 Å². The molecular weight excluding hydrogens is 258 g/mol. The van der Waals surface area contributed by atoms with Gasteiger partial charge in [-0.1, -0.05) is 23.8 Å². The van der Waals surface area contributed by atoms with Crippen LogP contribution in [-0.2, 0) is 6.61 Å². The lowest BCUT2D eigenvalue weighted by Gasteiger charge is -2.09. The summed E-state index contributed by atoms with van der Waals surface area (Å²) in [5.74, 6) is 0.420. The molecule has 20 heavy (non-hydrogen) atoms. The van der Waals surface area contributed by atoms with Crippen LogP contribution in [-0.4, -0.2) is 11.2 Å². The fourth-order valence-electron chi connectivity index (χ4n) is 1.86. The lowest BCUT2D eigenvalue weighted by Crippen LogP contribution is -2.02. The highest BCUT2D eigenvalue weighted by molar-refractivity contribution is 5.79. The van der Waals surface area contributed by atoms with Gasteiger partial charge < -0.3 is 4.74 Å². The Morgan fingerprint density at radius 1 is 1.25 bits per heavy atom. The maximum atomic E-state index is 11.0. The quantitative estimate of drug-likeness (QED) is 0.475. The molecule has 2 aromatic carbocycles. The zero-order chi connectivity index (χ0) is 14.5. The maximum Gasteiger partial charge on any atom is 0.276 e. The minimum Gasteiger partial charge on any atom is -0.488 e. The Morgan fingerprint density at radius 3 is 2.70 bits per heavy atom. The molecule has 0 aliphatic heterocycles. The van der Waals surface area contributed by atoms with Gasteiger partial charge >= 0.3 is 0 Å². The third-order valence-electron chi connectivity index (χ3n) is 2.86. The van der Waals surface area contributed by atoms with E-state index in [9.17, 15) is 14.9 Å². The first kappa shape index (κ1) is 13.7. The molecule has 0 N–H and O–H groups in total. The van der Waals surface area contributed by atoms with Gasteiger partial charge in [-0.3, -0.25) is 14.9 Å². The van der Waals surface area contributed by atoms with Crippen LogP contribution in [0.25, 0.3) is 0 Å². The Balaban J connectivity index is 2.21. The van der Waals surface area contributed by atoms with Gasteiger partial charge in [-0.15, -0.1) is 0 Å². The predicted octanol–water partition coefficient (Wildman–Crippen LogP) is 3.29. The van der Waals surface area contributed by atoms with Crippen LogP contribution in [0.2, 0.25) is 0 Å². The summed E-state index contributed by atoms with van der Waals surface area (Å²) in [6, 6.07) is 11.6. The number of hydrogen-bond donors (Lipinski definition) is 0. The summed E-state index contributed by atoms with van der Waals surface area (Å²) in [6.45, 7) is 1.92. The van der Waals surface area contributed by atoms with Gasteiger partial charge in [-0.2, -0.15) is 0 Å². The average molecular weight is 271 g/mol. The van der Waals surface area contributed by atoms with Crippen molar-refractivity contribution in [2.75, 3.05) is 0 Å². The van der Waals surface area contributed by atoms with E-state index in [4.69, 9.17) is 4.74 Å². The molecule has 5 heteroatoms. The van der Waals surface area contributed by atoms with Gasteiger partial charge in [-0.05, 0) is 25.1 Å². The van der Waals surface area contributed by atoms with Crippen LogP contribution >= 0.6 is 0 Å². The first-order valence-electron chi connectivity index (χ1n) is 6.02. The molecule has 0 saturated heterocycles. The van der Waals surface area contributed by atoms with Crippen molar-refractivity contribution in [3.05, 3.63) is 69.3 Å². The Kier molecular flexibility index (Phi) is 4.10. The molecule has 0 radical (unpaired) electrons. The molecule has 0 spiro atoms. The smallest absolute Gasteiger partial charge is 0.276 e. The number of carbonyl (C=O) groups is 1. The molecule has 102 valence electrons. The van der Waals surface area contributed by atoms with Crippen molar-refractivity contribution in [1.29, 1.82) is 0 Å². The van der Waals surface area contributed by atoms with Crippen molar-refractivity contribution < 1.29 is 14.5 Å². The number of ether oxygens (including phenoxy) is 1. The zero-order valence-electron chi connectivity index (χ0n) is 10.9. The maximum absolute atomic E-state index is 11.0. The van der Waals surface area contributed by atoms with Gasteiger partial charge in [0.1, 0.15) is 12.4 Å². The molecule has 0 aromatic heterocycles. The number of aryl methyl sites for hydroxylation is 1. The summed E-state index contributed by atoms with van der Waals surface area (Å²) in [4.78, 5) is 21.4. The highest BCUT2D eigenvalue weighted by atomic mass is 16.6. The van der Waals surface area contributed by atoms with Crippen LogP contribution in [0.15, 0.2) is 42.5 Å². The molecule has 0 amide bonds. The predicted molar refractivity (Wildman–Crippen MR) is 74.0 cm³/mol. The average Bonchev–Trinajstić information content (AvgIpc) is 2.46. The molecule has 0 aliphatic carbocycles. The van der Waals surface area contributed by atoms with E-state index in [1.165, 1.54) is 6.07 Å². The molecule has 0 unspecified atom stereocenters. The van der Waals surface area contributed by atoms with Crippen molar-refractivity contribution in [1.82, 2.24) is 0 Å². The van der Waals surface area contributed by atoms with Gasteiger partial charge in [0, 0.05) is 6.07 Å². The fraction of sp³-hybridized carbons (Fsp3) is 0.133. The van der Waals surface area contributed by atoms with Gasteiger partial charge in [0.2, 0.25) is 0 Å². The molecule has 0 atom stereocenters. The molecule has 2 rings (SSSR count). The Labute approximate surface area is 116 Å². The second-order valence-electron chi connectivity index (χ2n) is 4.33. The normalized spacial score (nSPS) is 10.1. The number of nitro benzene ring substituents is 1. The van der Waals surface area contributed by atoms with Gasteiger partial charge in [0.05, 0.1) is 16.1 Å². The van der Waals surface area contributed by atoms with Crippen LogP contribution in [0, 0.1) is 17.0 Å². The Bertz CT molecular complexity index is 652. The number of para-hydroxylation sites is 1. The second kappa shape index (κ2) is 5.97. The molecule has 0 aliphatic rings. The van der Waals surface area contributed by atoms with Gasteiger partial charge in [0.15, 0.2) is 6.29 Å². The van der Waals surface area contributed by atoms with E-state index in [-0.39, 0.29) is 12.3 Å². The van der Waals surface area contributed by atoms with Crippen LogP contribution in [0.5, 0.6) is 5.75 Å². The molecule has 2 aromatic rings. The number of rotatable bonds is 5. The van der Waals surface area contributed by atoms with Crippen LogP contribution in [0.4, 0.5) is 5.69 Å². The molecule has 5 nitrogen and oxygen atoms in total. The van der Waals surface area contributed by atoms with Crippen LogP contribution < -0.4 is 4.74 Å². The minimum absolute atomic E-state index is 0.00673. The van der Waals surface area contributed by atoms with Crippen LogP contribution in [0.3, 0.4) is 0 Å². The SMILES string of the molecule is Cc1ccc(OCc2ccccc2[N+](=O)[O-])c(C=O)c1. The summed E-state index contributed by atoms with van der Waals surface area (Å²) in [5.41, 5.74) is 1.86. The number of nitrogens with zero attached hydrogens (tertiary/aromatic N) is 1. The van der Waals surface area contributed by atoms with Crippen molar-refractivity contribution in [3.8, 4) is 5.75 Å². The lowest BCUT2D eigenvalue weighted by atomic mass is 10.1. The summed E-state index contributed by atoms with van der Waals surface area (Å²) in [7, 11) is 0. The standard InChI is InChI=1S/C15H13NO4/c1-11-6-7-15(13(8-11)9-17)20-10-12-4-2-3-5-14(12)16(18)19/h2-9H,10H2,1H3. The van der Waals surface area contributed by atoms with Gasteiger partial charge in [-0.25, -0.2) is 0 Å². The molecule has 0 saturated carbocycles. The van der Waals surface area contributed by atoms with E-state index in [2.05, 4.69) is 0 Å². The largest absolute Gasteiger partial charge is 0.488 e. The van der Waals surface area contributed by atoms with Crippen LogP contribution in [0.1, 0.15) is 21.5 Å². The minimum atomic E-state index is -0.450. The number of nitro groups is 1. The third-order valence-corrected chi connectivity index (χ3v) is 2.86. The van der Waals surface area contributed by atoms with Crippen molar-refractivity contribution >= 4 is 12.0 Å². The Hall–Kier alpha value is -2.69. The van der Waals surface area contributed by atoms with E-state index in [0.717, 1.165) is 5.56 Å². The van der Waals surface area contributed by atoms with Crippen molar-refractivity contribution in [3.63, 3.8) is 0 Å². The number of carbonyl (C=O) groups excluding carboxylic acids is 1. The van der Waals surface area contributed by atoms with E-state index in [1.807, 2.05) is 13.0 Å². The van der Waals surface area contributed by atoms with Crippen molar-refractivity contribution in [2.24, 2.45) is 0 Å². The number of aldehydes is 1. The van der Waals surface area contributed by atoms with E-state index >= 15 is 0 Å². The summed E-state index contributed by atoms with van der Waals surface area (Å²) in [5, 5.41) is 10.9. The van der Waals surface area contributed by atoms with Crippen molar-refractivity contribution in [2.45, 2.75) is 13.5 Å². The third kappa shape index (κ3) is 3.00. The van der Waals surface area contributed by atoms with E-state index in [1.54, 1.807) is 30.3 Å². The first-order valence-corrected chi connectivity index (χ1v) is 6.02. The fourth-order valence-corrected chi connectivity index (χ4v) is 1.86. The highest BCUT2D eigenvalue weighted by Gasteiger charge is 2.13. The summed E-state index contributed by atoms with van der Waals surface area (Å²) < 4.78 is 5.52. The highest BCUT2D eigenvalue weighted by Crippen LogP contribution is 2.23. The molecular formula is C15H13NO4. The second-order valence-corrected chi connectivity index (χ2v) is 4.33. The van der Waals surface area contributed by atoms with E-state index < -0.39 is 4.92 Å². The topological polar surface area (TPSA) is 69.4 Å². The lowest BCUT2D eigenvalue weighted by molar-refractivity contribution is -0.385. The summed E-state index contributed by atoms with van der Waals surface area (Å²) >= 11 is 0. The number of hydrogen-bond acceptors (Lipinski definition) is 4. The number of benzene rings is 2. The molecule has 0 fully saturated rings. The zero-order valence-corrected chi connectivity index (χ0v) is 10.9. The molecule has 0 bridgehead atoms. The first-order chi connectivity index (χ1) is 9.61.